The van der Waals surface area contributed by atoms with Crippen LogP contribution in [-0.2, 0) is 6.42 Å². The Labute approximate surface area is 116 Å². The lowest BCUT2D eigenvalue weighted by Crippen LogP contribution is -2.18. The number of aromatic hydroxyl groups is 1. The molecule has 0 fully saturated rings. The number of nitrogens with zero attached hydrogens (tertiary/aromatic N) is 2. The van der Waals surface area contributed by atoms with Crippen LogP contribution in [0.2, 0.25) is 0 Å². The van der Waals surface area contributed by atoms with E-state index in [1.54, 1.807) is 19.4 Å². The SMILES string of the molecule is COc1ccc(Cc2nc(O)c(C(C)C)c(=O)[nH]2)cn1. The molecule has 2 aromatic rings. The first-order valence-electron chi connectivity index (χ1n) is 6.32. The highest BCUT2D eigenvalue weighted by Gasteiger charge is 2.14. The van der Waals surface area contributed by atoms with Gasteiger partial charge in [-0.3, -0.25) is 4.79 Å². The lowest BCUT2D eigenvalue weighted by molar-refractivity contribution is 0.397. The molecular formula is C14H17N3O3. The second kappa shape index (κ2) is 5.73. The molecule has 0 amide bonds. The molecule has 0 spiro atoms. The van der Waals surface area contributed by atoms with Crippen molar-refractivity contribution in [2.75, 3.05) is 7.11 Å². The van der Waals surface area contributed by atoms with Crippen LogP contribution in [-0.4, -0.2) is 27.2 Å². The summed E-state index contributed by atoms with van der Waals surface area (Å²) in [6.45, 7) is 3.66. The maximum Gasteiger partial charge on any atom is 0.258 e. The van der Waals surface area contributed by atoms with Gasteiger partial charge in [-0.05, 0) is 11.5 Å². The van der Waals surface area contributed by atoms with E-state index in [0.717, 1.165) is 5.56 Å². The number of methoxy groups -OCH3 is 1. The summed E-state index contributed by atoms with van der Waals surface area (Å²) < 4.78 is 4.98. The fraction of sp³-hybridized carbons (Fsp3) is 0.357. The van der Waals surface area contributed by atoms with Crippen LogP contribution in [0.1, 0.15) is 36.7 Å². The molecule has 0 bridgehead atoms. The molecule has 0 saturated heterocycles. The highest BCUT2D eigenvalue weighted by Crippen LogP contribution is 2.19. The van der Waals surface area contributed by atoms with E-state index in [4.69, 9.17) is 4.74 Å². The van der Waals surface area contributed by atoms with Crippen molar-refractivity contribution in [1.82, 2.24) is 15.0 Å². The summed E-state index contributed by atoms with van der Waals surface area (Å²) in [6.07, 6.45) is 2.03. The van der Waals surface area contributed by atoms with Gasteiger partial charge in [0.1, 0.15) is 5.82 Å². The molecule has 0 aromatic carbocycles. The normalized spacial score (nSPS) is 10.8. The first-order chi connectivity index (χ1) is 9.51. The summed E-state index contributed by atoms with van der Waals surface area (Å²) in [4.78, 5) is 22.7. The Hall–Kier alpha value is -2.37. The van der Waals surface area contributed by atoms with Crippen LogP contribution in [0, 0.1) is 0 Å². The Morgan fingerprint density at radius 2 is 2.15 bits per heavy atom. The fourth-order valence-electron chi connectivity index (χ4n) is 1.95. The van der Waals surface area contributed by atoms with Crippen molar-refractivity contribution in [2.24, 2.45) is 0 Å². The zero-order valence-corrected chi connectivity index (χ0v) is 11.7. The second-order valence-corrected chi connectivity index (χ2v) is 4.79. The van der Waals surface area contributed by atoms with Crippen LogP contribution < -0.4 is 10.3 Å². The molecule has 2 N–H and O–H groups in total. The first-order valence-corrected chi connectivity index (χ1v) is 6.32. The zero-order valence-electron chi connectivity index (χ0n) is 11.7. The van der Waals surface area contributed by atoms with E-state index < -0.39 is 0 Å². The van der Waals surface area contributed by atoms with Crippen LogP contribution in [0.15, 0.2) is 23.1 Å². The highest BCUT2D eigenvalue weighted by molar-refractivity contribution is 5.27. The lowest BCUT2D eigenvalue weighted by atomic mass is 10.1. The number of ether oxygens (including phenoxy) is 1. The largest absolute Gasteiger partial charge is 0.493 e. The summed E-state index contributed by atoms with van der Waals surface area (Å²) >= 11 is 0. The summed E-state index contributed by atoms with van der Waals surface area (Å²) in [6, 6.07) is 3.56. The van der Waals surface area contributed by atoms with E-state index in [-0.39, 0.29) is 17.4 Å². The van der Waals surface area contributed by atoms with E-state index in [0.29, 0.717) is 23.7 Å². The Kier molecular flexibility index (Phi) is 4.02. The van der Waals surface area contributed by atoms with E-state index >= 15 is 0 Å². The number of nitrogens with one attached hydrogen (secondary N) is 1. The van der Waals surface area contributed by atoms with Crippen molar-refractivity contribution in [2.45, 2.75) is 26.2 Å². The van der Waals surface area contributed by atoms with E-state index in [1.807, 2.05) is 19.9 Å². The molecule has 2 rings (SSSR count). The molecular weight excluding hydrogens is 258 g/mol. The van der Waals surface area contributed by atoms with Crippen LogP contribution in [0.4, 0.5) is 0 Å². The van der Waals surface area contributed by atoms with Crippen molar-refractivity contribution in [1.29, 1.82) is 0 Å². The molecule has 6 nitrogen and oxygen atoms in total. The van der Waals surface area contributed by atoms with Gasteiger partial charge in [-0.2, -0.15) is 4.98 Å². The number of aromatic nitrogens is 3. The minimum Gasteiger partial charge on any atom is -0.493 e. The van der Waals surface area contributed by atoms with Gasteiger partial charge >= 0.3 is 0 Å². The van der Waals surface area contributed by atoms with Crippen molar-refractivity contribution < 1.29 is 9.84 Å². The average Bonchev–Trinajstić information content (AvgIpc) is 2.38. The van der Waals surface area contributed by atoms with Crippen LogP contribution in [0.3, 0.4) is 0 Å². The molecule has 0 aliphatic heterocycles. The number of pyridine rings is 1. The molecule has 0 aliphatic carbocycles. The molecule has 20 heavy (non-hydrogen) atoms. The monoisotopic (exact) mass is 275 g/mol. The molecule has 0 atom stereocenters. The Bertz CT molecular complexity index is 648. The van der Waals surface area contributed by atoms with Crippen molar-refractivity contribution in [3.8, 4) is 11.8 Å². The highest BCUT2D eigenvalue weighted by atomic mass is 16.5. The van der Waals surface area contributed by atoms with Gasteiger partial charge in [-0.15, -0.1) is 0 Å². The minimum absolute atomic E-state index is 0.0806. The predicted molar refractivity (Wildman–Crippen MR) is 74.2 cm³/mol. The van der Waals surface area contributed by atoms with Crippen LogP contribution in [0.5, 0.6) is 11.8 Å². The third-order valence-corrected chi connectivity index (χ3v) is 2.94. The van der Waals surface area contributed by atoms with Crippen LogP contribution in [0.25, 0.3) is 0 Å². The van der Waals surface area contributed by atoms with Gasteiger partial charge in [0.25, 0.3) is 5.56 Å². The molecule has 0 unspecified atom stereocenters. The predicted octanol–water partition coefficient (Wildman–Crippen LogP) is 1.59. The van der Waals surface area contributed by atoms with Crippen molar-refractivity contribution in [3.63, 3.8) is 0 Å². The van der Waals surface area contributed by atoms with Gasteiger partial charge in [0.2, 0.25) is 11.8 Å². The zero-order chi connectivity index (χ0) is 14.7. The van der Waals surface area contributed by atoms with E-state index in [9.17, 15) is 9.90 Å². The fourth-order valence-corrected chi connectivity index (χ4v) is 1.95. The number of aromatic amines is 1. The minimum atomic E-state index is -0.302. The Morgan fingerprint density at radius 3 is 2.65 bits per heavy atom. The van der Waals surface area contributed by atoms with Gasteiger partial charge < -0.3 is 14.8 Å². The van der Waals surface area contributed by atoms with Gasteiger partial charge in [0, 0.05) is 18.7 Å². The van der Waals surface area contributed by atoms with E-state index in [1.165, 1.54) is 0 Å². The van der Waals surface area contributed by atoms with Crippen molar-refractivity contribution in [3.05, 3.63) is 45.6 Å². The topological polar surface area (TPSA) is 88.1 Å². The number of rotatable bonds is 4. The van der Waals surface area contributed by atoms with E-state index in [2.05, 4.69) is 15.0 Å². The molecule has 106 valence electrons. The number of H-pyrrole nitrogens is 1. The molecule has 0 radical (unpaired) electrons. The van der Waals surface area contributed by atoms with Gasteiger partial charge in [0.15, 0.2) is 0 Å². The molecule has 0 aliphatic rings. The first kappa shape index (κ1) is 14.0. The van der Waals surface area contributed by atoms with Gasteiger partial charge in [-0.25, -0.2) is 4.98 Å². The average molecular weight is 275 g/mol. The molecule has 6 heteroatoms. The van der Waals surface area contributed by atoms with Crippen LogP contribution >= 0.6 is 0 Å². The summed E-state index contributed by atoms with van der Waals surface area (Å²) in [7, 11) is 1.55. The third kappa shape index (κ3) is 2.96. The lowest BCUT2D eigenvalue weighted by Gasteiger charge is -2.08. The van der Waals surface area contributed by atoms with Gasteiger partial charge in [-0.1, -0.05) is 19.9 Å². The third-order valence-electron chi connectivity index (χ3n) is 2.94. The summed E-state index contributed by atoms with van der Waals surface area (Å²) in [5.41, 5.74) is 0.872. The molecule has 2 heterocycles. The number of hydrogen-bond acceptors (Lipinski definition) is 5. The Morgan fingerprint density at radius 1 is 1.40 bits per heavy atom. The maximum atomic E-state index is 11.9. The van der Waals surface area contributed by atoms with Gasteiger partial charge in [0.05, 0.1) is 12.7 Å². The Balaban J connectivity index is 2.27. The van der Waals surface area contributed by atoms with Crippen molar-refractivity contribution >= 4 is 0 Å². The second-order valence-electron chi connectivity index (χ2n) is 4.79. The summed E-state index contributed by atoms with van der Waals surface area (Å²) in [5, 5.41) is 9.84. The molecule has 0 saturated carbocycles. The smallest absolute Gasteiger partial charge is 0.258 e. The maximum absolute atomic E-state index is 11.9. The summed E-state index contributed by atoms with van der Waals surface area (Å²) in [5.74, 6) is 0.639. The quantitative estimate of drug-likeness (QED) is 0.884. The molecule has 2 aromatic heterocycles. The standard InChI is InChI=1S/C14H17N3O3/c1-8(2)12-13(18)16-10(17-14(12)19)6-9-4-5-11(20-3)15-7-9/h4-5,7-8H,6H2,1-3H3,(H2,16,17,18,19). The number of hydrogen-bond donors (Lipinski definition) is 2.